The predicted molar refractivity (Wildman–Crippen MR) is 93.7 cm³/mol. The summed E-state index contributed by atoms with van der Waals surface area (Å²) in [6.07, 6.45) is 4.78. The van der Waals surface area contributed by atoms with Crippen LogP contribution in [0.4, 0.5) is 0 Å². The molecule has 0 spiro atoms. The molecule has 0 aliphatic carbocycles. The number of fused-ring (bicyclic) bond motifs is 1. The third-order valence-corrected chi connectivity index (χ3v) is 6.00. The third-order valence-electron chi connectivity index (χ3n) is 5.02. The van der Waals surface area contributed by atoms with Crippen LogP contribution < -0.4 is 0 Å². The molecule has 1 aromatic heterocycles. The van der Waals surface area contributed by atoms with Crippen LogP contribution in [0.15, 0.2) is 42.7 Å². The second kappa shape index (κ2) is 6.26. The molecule has 6 heteroatoms. The number of amides is 1. The summed E-state index contributed by atoms with van der Waals surface area (Å²) in [5.41, 5.74) is 1.13. The Kier molecular flexibility index (Phi) is 4.10. The summed E-state index contributed by atoms with van der Waals surface area (Å²) < 4.78 is 1.90. The van der Waals surface area contributed by atoms with Crippen LogP contribution in [0.2, 0.25) is 0 Å². The number of carbonyl (C=O) groups is 1. The van der Waals surface area contributed by atoms with Crippen molar-refractivity contribution in [2.24, 2.45) is 0 Å². The lowest BCUT2D eigenvalue weighted by Crippen LogP contribution is -2.53. The molecule has 1 atom stereocenters. The zero-order valence-corrected chi connectivity index (χ0v) is 14.3. The van der Waals surface area contributed by atoms with E-state index in [2.05, 4.69) is 17.2 Å². The van der Waals surface area contributed by atoms with Crippen molar-refractivity contribution in [1.82, 2.24) is 14.7 Å². The van der Waals surface area contributed by atoms with E-state index >= 15 is 0 Å². The van der Waals surface area contributed by atoms with E-state index in [-0.39, 0.29) is 11.9 Å². The lowest BCUT2D eigenvalue weighted by molar-refractivity contribution is -0.153. The van der Waals surface area contributed by atoms with Gasteiger partial charge in [-0.25, -0.2) is 0 Å². The van der Waals surface area contributed by atoms with Gasteiger partial charge in [0.2, 0.25) is 0 Å². The van der Waals surface area contributed by atoms with Gasteiger partial charge in [0.15, 0.2) is 0 Å². The molecule has 0 bridgehead atoms. The number of thioether (sulfide) groups is 1. The summed E-state index contributed by atoms with van der Waals surface area (Å²) in [5, 5.41) is 15.2. The number of carbonyl (C=O) groups excluding carboxylic acids is 1. The fraction of sp³-hybridized carbons (Fsp3) is 0.444. The zero-order chi connectivity index (χ0) is 16.6. The molecule has 5 nitrogen and oxygen atoms in total. The molecule has 1 aromatic carbocycles. The highest BCUT2D eigenvalue weighted by Crippen LogP contribution is 2.34. The Labute approximate surface area is 145 Å². The number of nitrogens with zero attached hydrogens (tertiary/aromatic N) is 3. The molecular weight excluding hydrogens is 322 g/mol. The molecule has 24 heavy (non-hydrogen) atoms. The number of hydrogen-bond donors (Lipinski definition) is 1. The monoisotopic (exact) mass is 343 g/mol. The first-order valence-electron chi connectivity index (χ1n) is 8.34. The van der Waals surface area contributed by atoms with Crippen molar-refractivity contribution in [3.63, 3.8) is 0 Å². The van der Waals surface area contributed by atoms with Crippen LogP contribution in [0.25, 0.3) is 0 Å². The molecule has 1 amide bonds. The molecule has 0 radical (unpaired) electrons. The molecule has 2 aliphatic heterocycles. The summed E-state index contributed by atoms with van der Waals surface area (Å²) in [6.45, 7) is 1.11. The van der Waals surface area contributed by atoms with Gasteiger partial charge in [-0.05, 0) is 41.5 Å². The van der Waals surface area contributed by atoms with Crippen LogP contribution >= 0.6 is 11.8 Å². The van der Waals surface area contributed by atoms with Gasteiger partial charge in [-0.15, -0.1) is 0 Å². The van der Waals surface area contributed by atoms with Gasteiger partial charge in [0.1, 0.15) is 5.60 Å². The Hall–Kier alpha value is -1.79. The smallest absolute Gasteiger partial charge is 0.254 e. The van der Waals surface area contributed by atoms with E-state index in [0.717, 1.165) is 17.1 Å². The minimum Gasteiger partial charge on any atom is -0.380 e. The van der Waals surface area contributed by atoms with E-state index in [1.165, 1.54) is 5.56 Å². The first-order chi connectivity index (χ1) is 11.7. The Bertz CT molecular complexity index is 726. The van der Waals surface area contributed by atoms with Crippen LogP contribution in [-0.2, 0) is 11.3 Å². The quantitative estimate of drug-likeness (QED) is 0.907. The fourth-order valence-corrected chi connectivity index (χ4v) is 4.81. The summed E-state index contributed by atoms with van der Waals surface area (Å²) in [4.78, 5) is 14.8. The topological polar surface area (TPSA) is 58.4 Å². The molecule has 1 saturated heterocycles. The van der Waals surface area contributed by atoms with E-state index in [1.54, 1.807) is 18.0 Å². The second-order valence-electron chi connectivity index (χ2n) is 6.53. The Morgan fingerprint density at radius 3 is 2.79 bits per heavy atom. The maximum Gasteiger partial charge on any atom is 0.254 e. The second-order valence-corrected chi connectivity index (χ2v) is 7.76. The highest BCUT2D eigenvalue weighted by Gasteiger charge is 2.42. The standard InChI is InChI=1S/C18H21N3O2S/c22-17(18(23)6-10-24-11-7-18)20-12-14-4-1-2-5-15(14)16(13-20)21-9-3-8-19-21/h1-5,8-9,16,23H,6-7,10-13H2/t16-/m0/s1. The summed E-state index contributed by atoms with van der Waals surface area (Å²) in [7, 11) is 0. The number of aliphatic hydroxyl groups is 1. The third kappa shape index (κ3) is 2.74. The van der Waals surface area contributed by atoms with Crippen molar-refractivity contribution in [3.05, 3.63) is 53.9 Å². The minimum atomic E-state index is -1.20. The van der Waals surface area contributed by atoms with E-state index in [9.17, 15) is 9.90 Å². The van der Waals surface area contributed by atoms with E-state index < -0.39 is 5.60 Å². The first-order valence-corrected chi connectivity index (χ1v) is 9.49. The van der Waals surface area contributed by atoms with E-state index in [0.29, 0.717) is 25.9 Å². The molecule has 0 saturated carbocycles. The van der Waals surface area contributed by atoms with Gasteiger partial charge in [0, 0.05) is 25.5 Å². The largest absolute Gasteiger partial charge is 0.380 e. The average molecular weight is 343 g/mol. The first kappa shape index (κ1) is 15.7. The molecule has 1 fully saturated rings. The Morgan fingerprint density at radius 2 is 2.04 bits per heavy atom. The molecule has 2 aliphatic rings. The van der Waals surface area contributed by atoms with Gasteiger partial charge in [-0.1, -0.05) is 24.3 Å². The maximum absolute atomic E-state index is 13.0. The lowest BCUT2D eigenvalue weighted by atomic mass is 9.91. The molecule has 4 rings (SSSR count). The summed E-state index contributed by atoms with van der Waals surface area (Å²) in [6, 6.07) is 10.1. The van der Waals surface area contributed by atoms with Crippen molar-refractivity contribution in [3.8, 4) is 0 Å². The molecule has 1 N–H and O–H groups in total. The molecule has 3 heterocycles. The van der Waals surface area contributed by atoms with Crippen molar-refractivity contribution in [2.45, 2.75) is 31.0 Å². The van der Waals surface area contributed by atoms with Gasteiger partial charge in [-0.2, -0.15) is 16.9 Å². The SMILES string of the molecule is O=C(N1Cc2ccccc2[C@@H](n2cccn2)C1)C1(O)CCSCC1. The highest BCUT2D eigenvalue weighted by molar-refractivity contribution is 7.99. The van der Waals surface area contributed by atoms with Crippen LogP contribution in [-0.4, -0.2) is 49.3 Å². The highest BCUT2D eigenvalue weighted by atomic mass is 32.2. The normalized spacial score (nSPS) is 22.9. The van der Waals surface area contributed by atoms with Crippen molar-refractivity contribution in [1.29, 1.82) is 0 Å². The van der Waals surface area contributed by atoms with Crippen LogP contribution in [0.1, 0.15) is 30.0 Å². The van der Waals surface area contributed by atoms with Crippen LogP contribution in [0.3, 0.4) is 0 Å². The van der Waals surface area contributed by atoms with Gasteiger partial charge in [0.05, 0.1) is 6.04 Å². The van der Waals surface area contributed by atoms with Crippen LogP contribution in [0, 0.1) is 0 Å². The predicted octanol–water partition coefficient (Wildman–Crippen LogP) is 2.07. The van der Waals surface area contributed by atoms with Crippen molar-refractivity contribution in [2.75, 3.05) is 18.1 Å². The summed E-state index contributed by atoms with van der Waals surface area (Å²) >= 11 is 1.80. The Balaban J connectivity index is 1.66. The molecule has 126 valence electrons. The number of rotatable bonds is 2. The molecule has 0 unspecified atom stereocenters. The van der Waals surface area contributed by atoms with E-state index in [1.807, 2.05) is 34.0 Å². The number of hydrogen-bond acceptors (Lipinski definition) is 4. The van der Waals surface area contributed by atoms with Gasteiger partial charge in [0.25, 0.3) is 5.91 Å². The minimum absolute atomic E-state index is 0.00420. The lowest BCUT2D eigenvalue weighted by Gasteiger charge is -2.40. The van der Waals surface area contributed by atoms with Gasteiger partial charge < -0.3 is 10.0 Å². The molecule has 2 aromatic rings. The van der Waals surface area contributed by atoms with Crippen LogP contribution in [0.5, 0.6) is 0 Å². The number of aromatic nitrogens is 2. The number of benzene rings is 1. The Morgan fingerprint density at radius 1 is 1.25 bits per heavy atom. The van der Waals surface area contributed by atoms with E-state index in [4.69, 9.17) is 0 Å². The maximum atomic E-state index is 13.0. The molecular formula is C18H21N3O2S. The van der Waals surface area contributed by atoms with Crippen molar-refractivity contribution >= 4 is 17.7 Å². The van der Waals surface area contributed by atoms with Gasteiger partial charge in [-0.3, -0.25) is 9.48 Å². The van der Waals surface area contributed by atoms with Crippen molar-refractivity contribution < 1.29 is 9.90 Å². The fourth-order valence-electron chi connectivity index (χ4n) is 3.64. The zero-order valence-electron chi connectivity index (χ0n) is 13.5. The summed E-state index contributed by atoms with van der Waals surface area (Å²) in [5.74, 6) is 1.55. The van der Waals surface area contributed by atoms with Gasteiger partial charge >= 0.3 is 0 Å². The average Bonchev–Trinajstić information content (AvgIpc) is 3.15.